The molecule has 2 heterocycles. The van der Waals surface area contributed by atoms with Crippen LogP contribution < -0.4 is 15.9 Å². The maximum Gasteiger partial charge on any atom is 0.153 e. The molecule has 4 aromatic carbocycles. The van der Waals surface area contributed by atoms with Crippen molar-refractivity contribution < 1.29 is 28.8 Å². The van der Waals surface area contributed by atoms with Crippen molar-refractivity contribution >= 4 is 23.1 Å². The first-order chi connectivity index (χ1) is 20.7. The molecule has 0 fully saturated rings. The van der Waals surface area contributed by atoms with Gasteiger partial charge in [0.1, 0.15) is 0 Å². The van der Waals surface area contributed by atoms with E-state index < -0.39 is 14.0 Å². The predicted molar refractivity (Wildman–Crippen MR) is 166 cm³/mol. The first kappa shape index (κ1) is 26.0. The van der Waals surface area contributed by atoms with Gasteiger partial charge in [-0.3, -0.25) is 0 Å². The summed E-state index contributed by atoms with van der Waals surface area (Å²) in [7, 11) is -2.98. The summed E-state index contributed by atoms with van der Waals surface area (Å²) >= 11 is 0. The molecule has 0 bridgehead atoms. The molecule has 1 radical (unpaired) electrons. The summed E-state index contributed by atoms with van der Waals surface area (Å²) in [6.45, 7) is -0.0810. The summed E-state index contributed by atoms with van der Waals surface area (Å²) in [5.74, 6) is 0. The van der Waals surface area contributed by atoms with Gasteiger partial charge in [-0.2, -0.15) is 0 Å². The van der Waals surface area contributed by atoms with E-state index in [0.717, 1.165) is 38.3 Å². The maximum atomic E-state index is 14.4. The molecule has 0 saturated heterocycles. The fourth-order valence-electron chi connectivity index (χ4n) is 4.28. The molecule has 0 unspecified atom stereocenters. The number of benzene rings is 4. The molecule has 0 atom stereocenters. The first-order valence-electron chi connectivity index (χ1n) is 14.4. The SMILES string of the molecule is Cc1ccc(-c2[c-]ccc(P(=O)(c3ccccc3)c3ccccc3)c2)nc1.[2H]C([2H])([2H])c1ccnc(-c2[c-]cccc2)c1.[Ir]. The second-order valence-electron chi connectivity index (χ2n) is 9.17. The topological polar surface area (TPSA) is 42.9 Å². The third kappa shape index (κ3) is 7.23. The summed E-state index contributed by atoms with van der Waals surface area (Å²) < 4.78 is 36.4. The summed E-state index contributed by atoms with van der Waals surface area (Å²) in [5, 5.41) is 2.44. The Balaban J connectivity index is 0.000000223. The number of aromatic nitrogens is 2. The van der Waals surface area contributed by atoms with Crippen LogP contribution in [0.25, 0.3) is 22.5 Å². The molecule has 3 nitrogen and oxygen atoms in total. The Kier molecular flexibility index (Phi) is 8.94. The van der Waals surface area contributed by atoms with Gasteiger partial charge in [0.15, 0.2) is 7.14 Å². The van der Waals surface area contributed by atoms with Crippen molar-refractivity contribution in [2.24, 2.45) is 0 Å². The molecular weight excluding hydrogens is 700 g/mol. The standard InChI is InChI=1S/C24H19NOP.C12H10N.Ir/c1-19-15-16-24(25-18-19)20-9-8-14-23(17-20)27(26,21-10-4-2-5-11-21)22-12-6-3-7-13-22;1-10-7-8-13-12(9-10)11-5-3-2-4-6-11;/h2-8,10-18H,1H3;2-5,7-9H,1H3;/q2*-1;/i;1D3;. The van der Waals surface area contributed by atoms with E-state index in [0.29, 0.717) is 11.3 Å². The largest absolute Gasteiger partial charge is 0.310 e. The summed E-state index contributed by atoms with van der Waals surface area (Å²) in [6, 6.07) is 45.8. The number of aryl methyl sites for hydroxylation is 2. The van der Waals surface area contributed by atoms with Gasteiger partial charge >= 0.3 is 0 Å². The Hall–Kier alpha value is -3.94. The number of nitrogens with zero attached hydrogens (tertiary/aromatic N) is 2. The van der Waals surface area contributed by atoms with E-state index in [1.54, 1.807) is 12.1 Å². The molecule has 5 heteroatoms. The third-order valence-electron chi connectivity index (χ3n) is 6.32. The molecule has 2 aromatic heterocycles. The molecule has 0 aliphatic carbocycles. The van der Waals surface area contributed by atoms with Crippen molar-refractivity contribution in [3.8, 4) is 22.5 Å². The molecule has 0 amide bonds. The fraction of sp³-hybridized carbons (Fsp3) is 0.0556. The van der Waals surface area contributed by atoms with Crippen molar-refractivity contribution in [2.45, 2.75) is 13.8 Å². The van der Waals surface area contributed by atoms with Crippen molar-refractivity contribution in [1.82, 2.24) is 9.97 Å². The quantitative estimate of drug-likeness (QED) is 0.138. The summed E-state index contributed by atoms with van der Waals surface area (Å²) in [4.78, 5) is 8.64. The summed E-state index contributed by atoms with van der Waals surface area (Å²) in [6.07, 6.45) is 3.35. The zero-order valence-electron chi connectivity index (χ0n) is 25.4. The predicted octanol–water partition coefficient (Wildman–Crippen LogP) is 7.35. The van der Waals surface area contributed by atoms with Crippen LogP contribution in [0.4, 0.5) is 0 Å². The van der Waals surface area contributed by atoms with Crippen LogP contribution in [0, 0.1) is 25.9 Å². The van der Waals surface area contributed by atoms with E-state index in [9.17, 15) is 4.57 Å². The van der Waals surface area contributed by atoms with Crippen LogP contribution in [-0.2, 0) is 24.7 Å². The Morgan fingerprint density at radius 3 is 1.93 bits per heavy atom. The van der Waals surface area contributed by atoms with E-state index >= 15 is 0 Å². The number of hydrogen-bond donors (Lipinski definition) is 0. The van der Waals surface area contributed by atoms with Crippen molar-refractivity contribution in [3.63, 3.8) is 0 Å². The molecule has 205 valence electrons. The Labute approximate surface area is 260 Å². The number of rotatable bonds is 5. The normalized spacial score (nSPS) is 12.0. The van der Waals surface area contributed by atoms with Gasteiger partial charge in [0.25, 0.3) is 0 Å². The molecule has 0 aliphatic heterocycles. The van der Waals surface area contributed by atoms with Crippen molar-refractivity contribution in [3.05, 3.63) is 163 Å². The van der Waals surface area contributed by atoms with Gasteiger partial charge in [0.2, 0.25) is 0 Å². The maximum absolute atomic E-state index is 14.4. The van der Waals surface area contributed by atoms with Gasteiger partial charge < -0.3 is 14.5 Å². The number of hydrogen-bond acceptors (Lipinski definition) is 3. The molecule has 0 spiro atoms. The molecule has 0 aliphatic rings. The second kappa shape index (κ2) is 14.1. The first-order valence-corrected chi connectivity index (χ1v) is 14.6. The van der Waals surface area contributed by atoms with Gasteiger partial charge in [0, 0.05) is 47.2 Å². The monoisotopic (exact) mass is 732 g/mol. The van der Waals surface area contributed by atoms with E-state index in [1.165, 1.54) is 12.3 Å². The van der Waals surface area contributed by atoms with Gasteiger partial charge in [-0.15, -0.1) is 65.7 Å². The van der Waals surface area contributed by atoms with E-state index in [-0.39, 0.29) is 20.1 Å². The summed E-state index contributed by atoms with van der Waals surface area (Å²) in [5.41, 5.74) is 4.52. The zero-order valence-corrected chi connectivity index (χ0v) is 25.7. The number of pyridine rings is 2. The zero-order chi connectivity index (χ0) is 30.3. The molecular formula is C36H29IrN2OP-2. The second-order valence-corrected chi connectivity index (χ2v) is 11.9. The Bertz CT molecular complexity index is 1790. The molecule has 6 aromatic rings. The van der Waals surface area contributed by atoms with Crippen molar-refractivity contribution in [2.75, 3.05) is 0 Å². The third-order valence-corrected chi connectivity index (χ3v) is 9.38. The van der Waals surface area contributed by atoms with E-state index in [2.05, 4.69) is 22.1 Å². The van der Waals surface area contributed by atoms with Gasteiger partial charge in [0.05, 0.1) is 0 Å². The van der Waals surface area contributed by atoms with Crippen LogP contribution in [-0.4, -0.2) is 9.97 Å². The molecule has 0 saturated carbocycles. The van der Waals surface area contributed by atoms with Gasteiger partial charge in [-0.1, -0.05) is 89.7 Å². The van der Waals surface area contributed by atoms with Crippen LogP contribution in [0.2, 0.25) is 0 Å². The average Bonchev–Trinajstić information content (AvgIpc) is 3.06. The average molecular weight is 732 g/mol. The van der Waals surface area contributed by atoms with Crippen LogP contribution >= 0.6 is 7.14 Å². The van der Waals surface area contributed by atoms with Crippen LogP contribution in [0.1, 0.15) is 15.2 Å². The fourth-order valence-corrected chi connectivity index (χ4v) is 6.95. The van der Waals surface area contributed by atoms with Crippen LogP contribution in [0.15, 0.2) is 140 Å². The Morgan fingerprint density at radius 1 is 0.634 bits per heavy atom. The van der Waals surface area contributed by atoms with Gasteiger partial charge in [-0.25, -0.2) is 0 Å². The smallest absolute Gasteiger partial charge is 0.153 e. The van der Waals surface area contributed by atoms with Crippen LogP contribution in [0.3, 0.4) is 0 Å². The van der Waals surface area contributed by atoms with Crippen molar-refractivity contribution in [1.29, 1.82) is 0 Å². The minimum atomic E-state index is -2.98. The van der Waals surface area contributed by atoms with Gasteiger partial charge in [-0.05, 0) is 36.8 Å². The molecule has 0 N–H and O–H groups in total. The Morgan fingerprint density at radius 2 is 1.32 bits per heavy atom. The minimum Gasteiger partial charge on any atom is -0.310 e. The van der Waals surface area contributed by atoms with E-state index in [4.69, 9.17) is 4.11 Å². The molecule has 6 rings (SSSR count). The molecule has 41 heavy (non-hydrogen) atoms. The minimum absolute atomic E-state index is 0. The van der Waals surface area contributed by atoms with Crippen LogP contribution in [0.5, 0.6) is 0 Å². The van der Waals surface area contributed by atoms with E-state index in [1.807, 2.05) is 122 Å².